The van der Waals surface area contributed by atoms with Crippen molar-refractivity contribution < 1.29 is 19.1 Å². The highest BCUT2D eigenvalue weighted by Gasteiger charge is 2.25. The Morgan fingerprint density at radius 2 is 1.32 bits per heavy atom. The van der Waals surface area contributed by atoms with Crippen LogP contribution in [0.1, 0.15) is 64.3 Å². The van der Waals surface area contributed by atoms with Gasteiger partial charge in [-0.2, -0.15) is 10.2 Å². The second-order valence-corrected chi connectivity index (χ2v) is 13.9. The molecule has 0 radical (unpaired) electrons. The van der Waals surface area contributed by atoms with Gasteiger partial charge in [0.2, 0.25) is 0 Å². The maximum atomic E-state index is 13.3. The second-order valence-electron chi connectivity index (χ2n) is 13.4. The molecule has 0 aliphatic carbocycles. The minimum Gasteiger partial charge on any atom is -0.465 e. The minimum absolute atomic E-state index is 0.120. The van der Waals surface area contributed by atoms with Crippen LogP contribution in [0.15, 0.2) is 113 Å². The molecule has 0 atom stereocenters. The Morgan fingerprint density at radius 1 is 0.717 bits per heavy atom. The summed E-state index contributed by atoms with van der Waals surface area (Å²) in [5.74, 6) is -1.07. The van der Waals surface area contributed by atoms with Gasteiger partial charge in [0.25, 0.3) is 11.1 Å². The molecule has 0 aliphatic heterocycles. The Labute approximate surface area is 349 Å². The van der Waals surface area contributed by atoms with Gasteiger partial charge in [-0.1, -0.05) is 54.1 Å². The molecule has 0 amide bonds. The number of methoxy groups -OCH3 is 1. The van der Waals surface area contributed by atoms with Gasteiger partial charge in [-0.3, -0.25) is 29.1 Å². The van der Waals surface area contributed by atoms with Crippen LogP contribution in [-0.2, 0) is 17.8 Å². The van der Waals surface area contributed by atoms with E-state index < -0.39 is 11.5 Å². The van der Waals surface area contributed by atoms with Crippen molar-refractivity contribution in [1.82, 2.24) is 29.5 Å². The Balaban J connectivity index is 0.000000205. The van der Waals surface area contributed by atoms with Gasteiger partial charge in [0.15, 0.2) is 11.6 Å². The zero-order chi connectivity index (χ0) is 43.1. The summed E-state index contributed by atoms with van der Waals surface area (Å²) in [5.41, 5.74) is 4.98. The lowest BCUT2D eigenvalue weighted by atomic mass is 10.0. The maximum absolute atomic E-state index is 13.3. The molecule has 0 bridgehead atoms. The summed E-state index contributed by atoms with van der Waals surface area (Å²) < 4.78 is 7.51. The molecule has 0 saturated heterocycles. The van der Waals surface area contributed by atoms with Gasteiger partial charge < -0.3 is 15.4 Å². The number of esters is 1. The third-order valence-corrected chi connectivity index (χ3v) is 9.73. The summed E-state index contributed by atoms with van der Waals surface area (Å²) in [6.45, 7) is 9.05. The predicted molar refractivity (Wildman–Crippen MR) is 233 cm³/mol. The van der Waals surface area contributed by atoms with E-state index in [9.17, 15) is 24.0 Å². The van der Waals surface area contributed by atoms with Gasteiger partial charge >= 0.3 is 5.97 Å². The van der Waals surface area contributed by atoms with Gasteiger partial charge in [0, 0.05) is 52.7 Å². The summed E-state index contributed by atoms with van der Waals surface area (Å²) in [4.78, 5) is 72.0. The first-order valence-electron chi connectivity index (χ1n) is 18.9. The fourth-order valence-electron chi connectivity index (χ4n) is 6.54. The van der Waals surface area contributed by atoms with Crippen LogP contribution in [0.25, 0.3) is 33.4 Å². The van der Waals surface area contributed by atoms with E-state index in [-0.39, 0.29) is 39.6 Å². The lowest BCUT2D eigenvalue weighted by Crippen LogP contribution is -2.28. The number of nitrogens with one attached hydrogen (secondary N) is 2. The normalized spacial score (nSPS) is 10.7. The molecule has 3 aromatic carbocycles. The average Bonchev–Trinajstić information content (AvgIpc) is 3.25. The van der Waals surface area contributed by atoms with Crippen LogP contribution in [0.4, 0.5) is 22.7 Å². The number of carbonyl (C=O) groups excluding carboxylic acids is 3. The summed E-state index contributed by atoms with van der Waals surface area (Å²) >= 11 is 6.12. The number of hydrogen-bond acceptors (Lipinski definition) is 12. The van der Waals surface area contributed by atoms with Gasteiger partial charge in [0.1, 0.15) is 22.8 Å². The van der Waals surface area contributed by atoms with Gasteiger partial charge in [-0.15, -0.1) is 0 Å². The maximum Gasteiger partial charge on any atom is 0.340 e. The highest BCUT2D eigenvalue weighted by Crippen LogP contribution is 2.33. The molecule has 0 fully saturated rings. The van der Waals surface area contributed by atoms with Gasteiger partial charge in [-0.05, 0) is 82.6 Å². The number of fused-ring (bicyclic) bond motifs is 1. The zero-order valence-corrected chi connectivity index (χ0v) is 34.5. The largest absolute Gasteiger partial charge is 0.465 e. The number of anilines is 4. The lowest BCUT2D eigenvalue weighted by Gasteiger charge is -2.17. The van der Waals surface area contributed by atoms with Crippen molar-refractivity contribution in [2.45, 2.75) is 47.7 Å². The van der Waals surface area contributed by atoms with Crippen LogP contribution in [0, 0.1) is 6.92 Å². The molecule has 0 saturated carbocycles. The van der Waals surface area contributed by atoms with E-state index in [2.05, 4.69) is 30.8 Å². The second kappa shape index (κ2) is 18.5. The van der Waals surface area contributed by atoms with Crippen LogP contribution in [0.2, 0.25) is 5.02 Å². The molecule has 4 heterocycles. The number of aromatic nitrogens is 6. The van der Waals surface area contributed by atoms with Crippen LogP contribution in [-0.4, -0.2) is 54.2 Å². The number of aryl methyl sites for hydroxylation is 3. The Kier molecular flexibility index (Phi) is 13.0. The van der Waals surface area contributed by atoms with E-state index >= 15 is 0 Å². The minimum atomic E-state index is -0.515. The first-order valence-corrected chi connectivity index (χ1v) is 19.3. The molecule has 7 rings (SSSR count). The molecule has 0 unspecified atom stereocenters. The molecule has 2 N–H and O–H groups in total. The zero-order valence-electron chi connectivity index (χ0n) is 33.7. The van der Waals surface area contributed by atoms with Crippen molar-refractivity contribution in [1.29, 1.82) is 0 Å². The SMILES string of the molecule is CCn1nc(-c2cccc(Cl)c2)c(C(C)=O)c(Nc2cnccc2C)c1=O.CCn1nc(-c2ccccc2)c(C(C)=O)c(Nc2ccc(C(=O)OC)c3ncccc23)c1=O. The molecular formula is C45H41ClN8O6. The number of benzene rings is 3. The van der Waals surface area contributed by atoms with Crippen LogP contribution < -0.4 is 21.8 Å². The monoisotopic (exact) mass is 824 g/mol. The number of carbonyl (C=O) groups is 3. The Bertz CT molecular complexity index is 2890. The highest BCUT2D eigenvalue weighted by atomic mass is 35.5. The van der Waals surface area contributed by atoms with E-state index in [0.717, 1.165) is 11.1 Å². The molecule has 0 spiro atoms. The van der Waals surface area contributed by atoms with Gasteiger partial charge in [-0.25, -0.2) is 14.2 Å². The van der Waals surface area contributed by atoms with Crippen molar-refractivity contribution in [2.24, 2.45) is 0 Å². The third kappa shape index (κ3) is 8.73. The van der Waals surface area contributed by atoms with Crippen molar-refractivity contribution in [2.75, 3.05) is 17.7 Å². The smallest absolute Gasteiger partial charge is 0.340 e. The van der Waals surface area contributed by atoms with Crippen molar-refractivity contribution in [3.8, 4) is 22.5 Å². The topological polar surface area (TPSA) is 180 Å². The summed E-state index contributed by atoms with van der Waals surface area (Å²) in [6.07, 6.45) is 4.86. The number of hydrogen-bond donors (Lipinski definition) is 2. The van der Waals surface area contributed by atoms with Crippen molar-refractivity contribution in [3.63, 3.8) is 0 Å². The van der Waals surface area contributed by atoms with E-state index in [1.165, 1.54) is 30.3 Å². The predicted octanol–water partition coefficient (Wildman–Crippen LogP) is 8.44. The summed E-state index contributed by atoms with van der Waals surface area (Å²) in [5, 5.41) is 16.3. The highest BCUT2D eigenvalue weighted by molar-refractivity contribution is 6.30. The molecule has 7 aromatic rings. The lowest BCUT2D eigenvalue weighted by molar-refractivity contribution is 0.0602. The quantitative estimate of drug-likeness (QED) is 0.0940. The number of ketones is 2. The van der Waals surface area contributed by atoms with Crippen LogP contribution in [0.5, 0.6) is 0 Å². The third-order valence-electron chi connectivity index (χ3n) is 9.49. The molecule has 60 heavy (non-hydrogen) atoms. The van der Waals surface area contributed by atoms with E-state index in [0.29, 0.717) is 62.9 Å². The summed E-state index contributed by atoms with van der Waals surface area (Å²) in [7, 11) is 1.30. The average molecular weight is 825 g/mol. The van der Waals surface area contributed by atoms with Crippen molar-refractivity contribution in [3.05, 3.63) is 152 Å². The van der Waals surface area contributed by atoms with E-state index in [1.54, 1.807) is 61.1 Å². The number of ether oxygens (including phenoxy) is 1. The first-order chi connectivity index (χ1) is 28.9. The molecule has 14 nitrogen and oxygen atoms in total. The number of pyridine rings is 2. The number of nitrogens with zero attached hydrogens (tertiary/aromatic N) is 6. The number of halogens is 1. The molecule has 15 heteroatoms. The number of rotatable bonds is 11. The standard InChI is InChI=1S/C25H22N4O4.C20H19ClN4O2/c1-4-29-24(31)23(20(15(2)30)21(28-29)16-9-6-5-7-10-16)27-19-13-12-18(25(32)33-3)22-17(19)11-8-14-26-22;1-4-25-20(27)19(23-16-11-22-9-8-12(16)2)17(13(3)26)18(24-25)14-6-5-7-15(21)10-14/h5-14,27H,4H2,1-3H3;5-11,23H,4H2,1-3H3. The fourth-order valence-corrected chi connectivity index (χ4v) is 6.73. The number of Topliss-reactive ketones (excluding diaryl/α,β-unsaturated/α-hetero) is 2. The van der Waals surface area contributed by atoms with Gasteiger partial charge in [0.05, 0.1) is 41.2 Å². The van der Waals surface area contributed by atoms with Crippen LogP contribution in [0.3, 0.4) is 0 Å². The molecule has 304 valence electrons. The summed E-state index contributed by atoms with van der Waals surface area (Å²) in [6, 6.07) is 24.9. The first kappa shape index (κ1) is 42.3. The molecule has 0 aliphatic rings. The Hall–Kier alpha value is -7.32. The van der Waals surface area contributed by atoms with Crippen molar-refractivity contribution >= 4 is 62.8 Å². The fraction of sp³-hybridized carbons (Fsp3) is 0.178. The Morgan fingerprint density at radius 3 is 1.88 bits per heavy atom. The van der Waals surface area contributed by atoms with E-state index in [1.807, 2.05) is 63.2 Å². The molecular weight excluding hydrogens is 784 g/mol. The van der Waals surface area contributed by atoms with E-state index in [4.69, 9.17) is 16.3 Å². The van der Waals surface area contributed by atoms with Crippen LogP contribution >= 0.6 is 11.6 Å². The molecule has 4 aromatic heterocycles.